The highest BCUT2D eigenvalue weighted by molar-refractivity contribution is 5.79. The van der Waals surface area contributed by atoms with Crippen LogP contribution in [0.2, 0.25) is 0 Å². The third-order valence-corrected chi connectivity index (χ3v) is 2.65. The van der Waals surface area contributed by atoms with Crippen molar-refractivity contribution in [2.24, 2.45) is 0 Å². The average molecular weight is 218 g/mol. The Bertz CT molecular complexity index is 618. The largest absolute Gasteiger partial charge is 0.497 e. The summed E-state index contributed by atoms with van der Waals surface area (Å²) in [6.45, 7) is 0.510. The van der Waals surface area contributed by atoms with Crippen LogP contribution in [0.3, 0.4) is 0 Å². The molecule has 1 aromatic heterocycles. The molecule has 0 saturated carbocycles. The molecule has 2 aromatic rings. The molecule has 0 unspecified atom stereocenters. The normalized spacial score (nSPS) is 13.6. The van der Waals surface area contributed by atoms with Crippen molar-refractivity contribution in [2.45, 2.75) is 6.42 Å². The van der Waals surface area contributed by atoms with Crippen LogP contribution in [0.15, 0.2) is 23.0 Å². The van der Waals surface area contributed by atoms with Crippen molar-refractivity contribution < 1.29 is 9.57 Å². The van der Waals surface area contributed by atoms with E-state index in [2.05, 4.69) is 4.98 Å². The van der Waals surface area contributed by atoms with E-state index in [9.17, 15) is 4.79 Å². The van der Waals surface area contributed by atoms with Crippen LogP contribution in [0.5, 0.6) is 5.75 Å². The highest BCUT2D eigenvalue weighted by Gasteiger charge is 2.17. The molecule has 0 saturated heterocycles. The van der Waals surface area contributed by atoms with E-state index in [-0.39, 0.29) is 5.56 Å². The molecule has 0 N–H and O–H groups in total. The molecule has 0 atom stereocenters. The van der Waals surface area contributed by atoms with Crippen molar-refractivity contribution in [2.75, 3.05) is 13.7 Å². The second-order valence-electron chi connectivity index (χ2n) is 3.59. The number of aromatic nitrogens is 2. The lowest BCUT2D eigenvalue weighted by molar-refractivity contribution is 0.141. The van der Waals surface area contributed by atoms with E-state index < -0.39 is 0 Å². The van der Waals surface area contributed by atoms with Crippen molar-refractivity contribution in [3.63, 3.8) is 0 Å². The zero-order valence-corrected chi connectivity index (χ0v) is 8.77. The van der Waals surface area contributed by atoms with E-state index in [1.807, 2.05) is 0 Å². The molecule has 0 spiro atoms. The van der Waals surface area contributed by atoms with Gasteiger partial charge in [0.1, 0.15) is 12.4 Å². The number of rotatable bonds is 1. The van der Waals surface area contributed by atoms with Crippen molar-refractivity contribution in [1.82, 2.24) is 9.71 Å². The second-order valence-corrected chi connectivity index (χ2v) is 3.59. The molecule has 1 aliphatic heterocycles. The Hall–Kier alpha value is -2.04. The van der Waals surface area contributed by atoms with Crippen molar-refractivity contribution >= 4 is 10.9 Å². The fourth-order valence-corrected chi connectivity index (χ4v) is 1.84. The Morgan fingerprint density at radius 3 is 3.19 bits per heavy atom. The van der Waals surface area contributed by atoms with Gasteiger partial charge >= 0.3 is 0 Å². The number of hydrogen-bond donors (Lipinski definition) is 0. The van der Waals surface area contributed by atoms with E-state index in [4.69, 9.17) is 9.57 Å². The summed E-state index contributed by atoms with van der Waals surface area (Å²) in [6.07, 6.45) is 0.678. The smallest absolute Gasteiger partial charge is 0.294 e. The first-order valence-corrected chi connectivity index (χ1v) is 5.02. The maximum Gasteiger partial charge on any atom is 0.294 e. The monoisotopic (exact) mass is 218 g/mol. The molecular formula is C11H10N2O3. The number of methoxy groups -OCH3 is 1. The van der Waals surface area contributed by atoms with E-state index in [1.54, 1.807) is 25.3 Å². The summed E-state index contributed by atoms with van der Waals surface area (Å²) in [5, 5.41) is 0.519. The number of nitrogens with zero attached hydrogens (tertiary/aromatic N) is 2. The summed E-state index contributed by atoms with van der Waals surface area (Å²) in [7, 11) is 1.57. The van der Waals surface area contributed by atoms with Crippen LogP contribution in [0.25, 0.3) is 10.9 Å². The van der Waals surface area contributed by atoms with Gasteiger partial charge in [0.15, 0.2) is 5.82 Å². The van der Waals surface area contributed by atoms with Crippen LogP contribution >= 0.6 is 0 Å². The first-order valence-electron chi connectivity index (χ1n) is 5.02. The molecule has 5 nitrogen and oxygen atoms in total. The highest BCUT2D eigenvalue weighted by atomic mass is 16.7. The standard InChI is InChI=1S/C11H10N2O3/c1-15-7-2-3-9-8(6-7)11(14)13-10(12-9)4-5-16-13/h2-3,6H,4-5H2,1H3. The summed E-state index contributed by atoms with van der Waals surface area (Å²) < 4.78 is 6.35. The predicted molar refractivity (Wildman–Crippen MR) is 57.7 cm³/mol. The summed E-state index contributed by atoms with van der Waals surface area (Å²) in [6, 6.07) is 5.26. The number of ether oxygens (including phenoxy) is 1. The van der Waals surface area contributed by atoms with E-state index >= 15 is 0 Å². The molecule has 1 aromatic carbocycles. The van der Waals surface area contributed by atoms with Crippen LogP contribution < -0.4 is 15.1 Å². The molecule has 2 heterocycles. The Morgan fingerprint density at radius 2 is 2.38 bits per heavy atom. The van der Waals surface area contributed by atoms with Crippen LogP contribution in [0, 0.1) is 0 Å². The van der Waals surface area contributed by atoms with Gasteiger partial charge in [0.25, 0.3) is 5.56 Å². The first kappa shape index (κ1) is 9.21. The number of fused-ring (bicyclic) bond motifs is 2. The quantitative estimate of drug-likeness (QED) is 0.694. The van der Waals surface area contributed by atoms with E-state index in [0.29, 0.717) is 35.5 Å². The maximum atomic E-state index is 12.0. The van der Waals surface area contributed by atoms with Gasteiger partial charge in [-0.3, -0.25) is 4.79 Å². The maximum absolute atomic E-state index is 12.0. The minimum atomic E-state index is -0.170. The Balaban J connectivity index is 2.38. The van der Waals surface area contributed by atoms with Crippen molar-refractivity contribution in [1.29, 1.82) is 0 Å². The Labute approximate surface area is 91.2 Å². The zero-order valence-electron chi connectivity index (χ0n) is 8.77. The minimum absolute atomic E-state index is 0.170. The molecule has 5 heteroatoms. The van der Waals surface area contributed by atoms with Gasteiger partial charge in [-0.15, -0.1) is 4.73 Å². The van der Waals surface area contributed by atoms with E-state index in [1.165, 1.54) is 4.73 Å². The van der Waals surface area contributed by atoms with Crippen LogP contribution in [0.4, 0.5) is 0 Å². The summed E-state index contributed by atoms with van der Waals surface area (Å²) in [4.78, 5) is 21.6. The van der Waals surface area contributed by atoms with Gasteiger partial charge in [-0.1, -0.05) is 0 Å². The van der Waals surface area contributed by atoms with Crippen LogP contribution in [-0.2, 0) is 6.42 Å². The molecule has 0 aliphatic carbocycles. The lowest BCUT2D eigenvalue weighted by Crippen LogP contribution is -2.25. The number of benzene rings is 1. The second kappa shape index (κ2) is 3.23. The Morgan fingerprint density at radius 1 is 1.50 bits per heavy atom. The number of hydrogen-bond acceptors (Lipinski definition) is 4. The fourth-order valence-electron chi connectivity index (χ4n) is 1.84. The van der Waals surface area contributed by atoms with Gasteiger partial charge in [0, 0.05) is 6.42 Å². The average Bonchev–Trinajstić information content (AvgIpc) is 2.77. The van der Waals surface area contributed by atoms with Gasteiger partial charge in [-0.05, 0) is 18.2 Å². The van der Waals surface area contributed by atoms with Crippen molar-refractivity contribution in [3.05, 3.63) is 34.4 Å². The third kappa shape index (κ3) is 1.18. The topological polar surface area (TPSA) is 53.4 Å². The van der Waals surface area contributed by atoms with Gasteiger partial charge in [0.05, 0.1) is 18.0 Å². The minimum Gasteiger partial charge on any atom is -0.497 e. The summed E-state index contributed by atoms with van der Waals surface area (Å²) >= 11 is 0. The summed E-state index contributed by atoms with van der Waals surface area (Å²) in [5.41, 5.74) is 0.513. The molecule has 82 valence electrons. The predicted octanol–water partition coefficient (Wildman–Crippen LogP) is 0.390. The van der Waals surface area contributed by atoms with Gasteiger partial charge < -0.3 is 9.57 Å². The fraction of sp³-hybridized carbons (Fsp3) is 0.273. The Kier molecular flexibility index (Phi) is 1.86. The third-order valence-electron chi connectivity index (χ3n) is 2.65. The molecule has 0 bridgehead atoms. The van der Waals surface area contributed by atoms with Crippen LogP contribution in [0.1, 0.15) is 5.82 Å². The molecule has 3 rings (SSSR count). The lowest BCUT2D eigenvalue weighted by Gasteiger charge is -2.05. The van der Waals surface area contributed by atoms with Gasteiger partial charge in [-0.25, -0.2) is 4.98 Å². The summed E-state index contributed by atoms with van der Waals surface area (Å²) in [5.74, 6) is 1.33. The first-order chi connectivity index (χ1) is 7.79. The lowest BCUT2D eigenvalue weighted by atomic mass is 10.2. The van der Waals surface area contributed by atoms with Gasteiger partial charge in [-0.2, -0.15) is 0 Å². The molecule has 16 heavy (non-hydrogen) atoms. The zero-order chi connectivity index (χ0) is 11.1. The van der Waals surface area contributed by atoms with Gasteiger partial charge in [0.2, 0.25) is 0 Å². The molecule has 0 fully saturated rings. The molecule has 0 radical (unpaired) electrons. The van der Waals surface area contributed by atoms with E-state index in [0.717, 1.165) is 0 Å². The van der Waals surface area contributed by atoms with Crippen molar-refractivity contribution in [3.8, 4) is 5.75 Å². The molecule has 0 amide bonds. The highest BCUT2D eigenvalue weighted by Crippen LogP contribution is 2.17. The van der Waals surface area contributed by atoms with Crippen LogP contribution in [-0.4, -0.2) is 23.4 Å². The molecule has 1 aliphatic rings. The molecular weight excluding hydrogens is 208 g/mol. The SMILES string of the molecule is COc1ccc2nc3n(c(=O)c2c1)OCC3.